The van der Waals surface area contributed by atoms with Crippen LogP contribution in [0.5, 0.6) is 5.75 Å². The van der Waals surface area contributed by atoms with Crippen LogP contribution in [0.25, 0.3) is 11.1 Å². The molecular weight excluding hydrogens is 508 g/mol. The molecule has 0 bridgehead atoms. The van der Waals surface area contributed by atoms with Gasteiger partial charge in [-0.05, 0) is 59.0 Å². The second kappa shape index (κ2) is 9.80. The van der Waals surface area contributed by atoms with Gasteiger partial charge in [0.15, 0.2) is 0 Å². The van der Waals surface area contributed by atoms with Gasteiger partial charge in [0.2, 0.25) is 5.60 Å². The largest absolute Gasteiger partial charge is 0.472 e. The van der Waals surface area contributed by atoms with Crippen molar-refractivity contribution in [2.75, 3.05) is 5.88 Å². The van der Waals surface area contributed by atoms with Crippen molar-refractivity contribution in [2.45, 2.75) is 37.5 Å². The van der Waals surface area contributed by atoms with Crippen LogP contribution in [-0.4, -0.2) is 17.8 Å². The molecule has 1 unspecified atom stereocenters. The van der Waals surface area contributed by atoms with Crippen LogP contribution >= 0.6 is 34.8 Å². The van der Waals surface area contributed by atoms with Gasteiger partial charge in [-0.15, -0.1) is 11.6 Å². The minimum Gasteiger partial charge on any atom is -0.472 e. The predicted molar refractivity (Wildman–Crippen MR) is 129 cm³/mol. The van der Waals surface area contributed by atoms with Crippen LogP contribution in [0.1, 0.15) is 29.5 Å². The van der Waals surface area contributed by atoms with E-state index in [9.17, 15) is 18.0 Å². The molecule has 1 aliphatic heterocycles. The van der Waals surface area contributed by atoms with Crippen LogP contribution < -0.4 is 4.74 Å². The topological polar surface area (TPSA) is 26.3 Å². The van der Waals surface area contributed by atoms with Crippen molar-refractivity contribution in [3.63, 3.8) is 0 Å². The van der Waals surface area contributed by atoms with Crippen LogP contribution in [0.4, 0.5) is 13.2 Å². The number of benzene rings is 3. The van der Waals surface area contributed by atoms with E-state index in [2.05, 4.69) is 0 Å². The highest BCUT2D eigenvalue weighted by atomic mass is 35.5. The first kappa shape index (κ1) is 24.9. The Morgan fingerprint density at radius 2 is 1.68 bits per heavy atom. The molecule has 0 radical (unpaired) electrons. The molecule has 3 aromatic rings. The van der Waals surface area contributed by atoms with Gasteiger partial charge in [-0.25, -0.2) is 0 Å². The highest BCUT2D eigenvalue weighted by molar-refractivity contribution is 6.34. The SMILES string of the molecule is O=C(CCCCl)Cc1cccc(-c2ccc3c(c2)CC(c2cc(Cl)cc(Cl)c2)(C(F)(F)F)O3)c1. The Labute approximate surface area is 210 Å². The molecule has 3 aromatic carbocycles. The number of ether oxygens (including phenoxy) is 1. The quantitative estimate of drug-likeness (QED) is 0.290. The minimum atomic E-state index is -4.70. The number of Topliss-reactive ketones (excluding diaryl/α,β-unsaturated/α-hetero) is 1. The number of halogens is 6. The average molecular weight is 528 g/mol. The van der Waals surface area contributed by atoms with Gasteiger partial charge >= 0.3 is 6.18 Å². The molecule has 4 rings (SSSR count). The Hall–Kier alpha value is -2.21. The molecule has 8 heteroatoms. The maximum atomic E-state index is 14.4. The lowest BCUT2D eigenvalue weighted by Gasteiger charge is -2.31. The first-order valence-corrected chi connectivity index (χ1v) is 11.9. The molecule has 1 aliphatic rings. The van der Waals surface area contributed by atoms with Crippen molar-refractivity contribution in [3.05, 3.63) is 87.4 Å². The van der Waals surface area contributed by atoms with E-state index < -0.39 is 18.2 Å². The highest BCUT2D eigenvalue weighted by Crippen LogP contribution is 2.52. The second-order valence-corrected chi connectivity index (χ2v) is 9.54. The van der Waals surface area contributed by atoms with Crippen molar-refractivity contribution in [1.29, 1.82) is 0 Å². The fraction of sp³-hybridized carbons (Fsp3) is 0.269. The summed E-state index contributed by atoms with van der Waals surface area (Å²) in [5.41, 5.74) is 0.0774. The molecule has 1 atom stereocenters. The van der Waals surface area contributed by atoms with E-state index in [-0.39, 0.29) is 33.6 Å². The van der Waals surface area contributed by atoms with Crippen LogP contribution in [0.3, 0.4) is 0 Å². The number of hydrogen-bond acceptors (Lipinski definition) is 2. The van der Waals surface area contributed by atoms with E-state index in [4.69, 9.17) is 39.5 Å². The molecule has 0 N–H and O–H groups in total. The fourth-order valence-electron chi connectivity index (χ4n) is 4.20. The Morgan fingerprint density at radius 1 is 0.971 bits per heavy atom. The lowest BCUT2D eigenvalue weighted by molar-refractivity contribution is -0.248. The van der Waals surface area contributed by atoms with Crippen molar-refractivity contribution in [2.24, 2.45) is 0 Å². The van der Waals surface area contributed by atoms with Crippen molar-refractivity contribution < 1.29 is 22.7 Å². The molecular formula is C26H20Cl3F3O2. The van der Waals surface area contributed by atoms with E-state index in [1.807, 2.05) is 24.3 Å². The van der Waals surface area contributed by atoms with Crippen LogP contribution in [0.2, 0.25) is 10.0 Å². The van der Waals surface area contributed by atoms with Gasteiger partial charge in [0.25, 0.3) is 0 Å². The van der Waals surface area contributed by atoms with E-state index >= 15 is 0 Å². The van der Waals surface area contributed by atoms with Crippen molar-refractivity contribution in [1.82, 2.24) is 0 Å². The minimum absolute atomic E-state index is 0.0929. The molecule has 0 aromatic heterocycles. The summed E-state index contributed by atoms with van der Waals surface area (Å²) < 4.78 is 48.7. The second-order valence-electron chi connectivity index (χ2n) is 8.29. The van der Waals surface area contributed by atoms with Crippen LogP contribution in [-0.2, 0) is 23.2 Å². The predicted octanol–water partition coefficient (Wildman–Crippen LogP) is 8.18. The lowest BCUT2D eigenvalue weighted by atomic mass is 9.87. The number of fused-ring (bicyclic) bond motifs is 1. The number of rotatable bonds is 7. The molecule has 0 fully saturated rings. The molecule has 0 saturated carbocycles. The molecule has 2 nitrogen and oxygen atoms in total. The van der Waals surface area contributed by atoms with Crippen molar-refractivity contribution >= 4 is 40.6 Å². The first-order chi connectivity index (χ1) is 16.1. The van der Waals surface area contributed by atoms with Crippen LogP contribution in [0, 0.1) is 0 Å². The third-order valence-electron chi connectivity index (χ3n) is 5.82. The summed E-state index contributed by atoms with van der Waals surface area (Å²) in [5, 5.41) is 0.201. The van der Waals surface area contributed by atoms with Crippen LogP contribution in [0.15, 0.2) is 60.7 Å². The van der Waals surface area contributed by atoms with E-state index in [0.717, 1.165) is 16.7 Å². The number of carbonyl (C=O) groups excluding carboxylic acids is 1. The van der Waals surface area contributed by atoms with E-state index in [1.165, 1.54) is 18.2 Å². The third-order valence-corrected chi connectivity index (χ3v) is 6.53. The summed E-state index contributed by atoms with van der Waals surface area (Å²) in [5.74, 6) is 0.684. The van der Waals surface area contributed by atoms with Gasteiger partial charge in [0.05, 0.1) is 0 Å². The smallest absolute Gasteiger partial charge is 0.432 e. The standard InChI is InChI=1S/C26H20Cl3F3O2/c27-8-2-5-23(33)10-16-3-1-4-17(9-16)18-6-7-24-19(11-18)15-25(34-24,26(30,31)32)20-12-21(28)14-22(29)13-20/h1,3-4,6-7,9,11-14H,2,5,8,10,15H2. The molecule has 178 valence electrons. The Balaban J connectivity index is 1.65. The molecule has 0 amide bonds. The summed E-state index contributed by atoms with van der Waals surface area (Å²) in [6, 6.07) is 16.2. The Kier molecular flexibility index (Phi) is 7.18. The monoisotopic (exact) mass is 526 g/mol. The van der Waals surface area contributed by atoms with E-state index in [1.54, 1.807) is 18.2 Å². The number of carbonyl (C=O) groups is 1. The summed E-state index contributed by atoms with van der Waals surface area (Å²) in [6.07, 6.45) is -3.79. The molecule has 1 heterocycles. The number of alkyl halides is 4. The number of ketones is 1. The lowest BCUT2D eigenvalue weighted by Crippen LogP contribution is -2.46. The highest BCUT2D eigenvalue weighted by Gasteiger charge is 2.61. The van der Waals surface area contributed by atoms with Gasteiger partial charge in [0.1, 0.15) is 11.5 Å². The summed E-state index contributed by atoms with van der Waals surface area (Å²) in [4.78, 5) is 12.1. The maximum Gasteiger partial charge on any atom is 0.432 e. The average Bonchev–Trinajstić information content (AvgIpc) is 3.18. The molecule has 0 saturated heterocycles. The molecule has 0 aliphatic carbocycles. The van der Waals surface area contributed by atoms with Gasteiger partial charge in [-0.3, -0.25) is 4.79 Å². The molecule has 0 spiro atoms. The summed E-state index contributed by atoms with van der Waals surface area (Å²) in [7, 11) is 0. The molecule has 34 heavy (non-hydrogen) atoms. The Morgan fingerprint density at radius 3 is 2.35 bits per heavy atom. The zero-order chi connectivity index (χ0) is 24.5. The van der Waals surface area contributed by atoms with Gasteiger partial charge in [-0.1, -0.05) is 53.5 Å². The summed E-state index contributed by atoms with van der Waals surface area (Å²) >= 11 is 17.7. The van der Waals surface area contributed by atoms with E-state index in [0.29, 0.717) is 24.3 Å². The number of hydrogen-bond donors (Lipinski definition) is 0. The normalized spacial score (nSPS) is 17.4. The third kappa shape index (κ3) is 5.07. The zero-order valence-corrected chi connectivity index (χ0v) is 20.2. The fourth-order valence-corrected chi connectivity index (χ4v) is 4.86. The van der Waals surface area contributed by atoms with Crippen molar-refractivity contribution in [3.8, 4) is 16.9 Å². The Bertz CT molecular complexity index is 1210. The van der Waals surface area contributed by atoms with Gasteiger partial charge in [0, 0.05) is 40.8 Å². The first-order valence-electron chi connectivity index (χ1n) is 10.6. The zero-order valence-electron chi connectivity index (χ0n) is 17.9. The van der Waals surface area contributed by atoms with Gasteiger partial charge < -0.3 is 4.74 Å². The summed E-state index contributed by atoms with van der Waals surface area (Å²) in [6.45, 7) is 0. The van der Waals surface area contributed by atoms with Gasteiger partial charge in [-0.2, -0.15) is 13.2 Å². The maximum absolute atomic E-state index is 14.4.